The van der Waals surface area contributed by atoms with Crippen molar-refractivity contribution in [2.24, 2.45) is 5.92 Å². The highest BCUT2D eigenvalue weighted by molar-refractivity contribution is 5.82. The van der Waals surface area contributed by atoms with Crippen molar-refractivity contribution in [1.82, 2.24) is 14.9 Å². The quantitative estimate of drug-likeness (QED) is 0.356. The average Bonchev–Trinajstić information content (AvgIpc) is 2.84. The molecule has 9 heteroatoms. The molecule has 0 spiro atoms. The molecule has 1 aromatic heterocycles. The van der Waals surface area contributed by atoms with Crippen LogP contribution in [0.25, 0.3) is 22.3 Å². The number of ether oxygens (including phenoxy) is 2. The minimum atomic E-state index is -0.475. The van der Waals surface area contributed by atoms with Crippen LogP contribution in [-0.2, 0) is 20.8 Å². The number of halogens is 1. The van der Waals surface area contributed by atoms with E-state index in [-0.39, 0.29) is 36.4 Å². The number of hydrogen-bond acceptors (Lipinski definition) is 7. The highest BCUT2D eigenvalue weighted by atomic mass is 19.1. The van der Waals surface area contributed by atoms with Gasteiger partial charge in [-0.1, -0.05) is 19.1 Å². The van der Waals surface area contributed by atoms with Gasteiger partial charge in [0, 0.05) is 44.0 Å². The third-order valence-corrected chi connectivity index (χ3v) is 6.12. The maximum absolute atomic E-state index is 14.5. The molecule has 1 heterocycles. The number of rotatable bonds is 12. The van der Waals surface area contributed by atoms with E-state index >= 15 is 0 Å². The van der Waals surface area contributed by atoms with Crippen molar-refractivity contribution >= 4 is 28.5 Å². The van der Waals surface area contributed by atoms with Crippen molar-refractivity contribution in [2.75, 3.05) is 26.8 Å². The standard InChI is InChI=1S/C28H32FN3O5/c1-17(19(3)34)8-10-36-27-14-24-25(15-28(27)37-11-9-32(5)20(4)35)31-26(16-30-24)22-7-6-21(12-18(2)33)23(29)13-22/h6-7,13-17H,8-12H2,1-5H3. The highest BCUT2D eigenvalue weighted by Crippen LogP contribution is 2.33. The van der Waals surface area contributed by atoms with E-state index in [1.165, 1.54) is 19.9 Å². The van der Waals surface area contributed by atoms with Crippen LogP contribution >= 0.6 is 0 Å². The van der Waals surface area contributed by atoms with Crippen LogP contribution in [0.1, 0.15) is 39.7 Å². The Hall–Kier alpha value is -3.88. The number of Topliss-reactive ketones (excluding diaryl/α,β-unsaturated/α-hetero) is 2. The summed E-state index contributed by atoms with van der Waals surface area (Å²) in [7, 11) is 1.69. The number of carbonyl (C=O) groups excluding carboxylic acids is 3. The Morgan fingerprint density at radius 2 is 1.68 bits per heavy atom. The van der Waals surface area contributed by atoms with Crippen LogP contribution in [-0.4, -0.2) is 59.1 Å². The molecule has 2 aromatic carbocycles. The largest absolute Gasteiger partial charge is 0.490 e. The maximum Gasteiger partial charge on any atom is 0.219 e. The Bertz CT molecular complexity index is 1310. The normalized spacial score (nSPS) is 11.7. The van der Waals surface area contributed by atoms with Gasteiger partial charge in [-0.05, 0) is 31.9 Å². The number of likely N-dealkylation sites (N-methyl/N-ethyl adjacent to an activating group) is 1. The molecule has 0 radical (unpaired) electrons. The lowest BCUT2D eigenvalue weighted by atomic mass is 10.0. The van der Waals surface area contributed by atoms with E-state index < -0.39 is 5.82 Å². The summed E-state index contributed by atoms with van der Waals surface area (Å²) < 4.78 is 26.4. The summed E-state index contributed by atoms with van der Waals surface area (Å²) in [5, 5.41) is 0. The second-order valence-corrected chi connectivity index (χ2v) is 9.17. The second-order valence-electron chi connectivity index (χ2n) is 9.17. The fourth-order valence-corrected chi connectivity index (χ4v) is 3.50. The first-order valence-electron chi connectivity index (χ1n) is 12.1. The van der Waals surface area contributed by atoms with Crippen molar-refractivity contribution in [3.63, 3.8) is 0 Å². The predicted molar refractivity (Wildman–Crippen MR) is 138 cm³/mol. The lowest BCUT2D eigenvalue weighted by Crippen LogP contribution is -2.28. The van der Waals surface area contributed by atoms with Crippen LogP contribution in [0, 0.1) is 11.7 Å². The Labute approximate surface area is 215 Å². The molecule has 0 aliphatic carbocycles. The van der Waals surface area contributed by atoms with E-state index in [1.54, 1.807) is 49.3 Å². The number of ketones is 2. The number of hydrogen-bond donors (Lipinski definition) is 0. The summed E-state index contributed by atoms with van der Waals surface area (Å²) in [4.78, 5) is 45.1. The Kier molecular flexibility index (Phi) is 9.27. The van der Waals surface area contributed by atoms with Crippen LogP contribution in [0.4, 0.5) is 4.39 Å². The molecule has 3 aromatic rings. The van der Waals surface area contributed by atoms with E-state index in [4.69, 9.17) is 9.47 Å². The van der Waals surface area contributed by atoms with Gasteiger partial charge in [0.1, 0.15) is 24.0 Å². The van der Waals surface area contributed by atoms with Gasteiger partial charge in [-0.15, -0.1) is 0 Å². The summed E-state index contributed by atoms with van der Waals surface area (Å²) in [6.45, 7) is 7.23. The summed E-state index contributed by atoms with van der Waals surface area (Å²) >= 11 is 0. The highest BCUT2D eigenvalue weighted by Gasteiger charge is 2.15. The van der Waals surface area contributed by atoms with E-state index in [9.17, 15) is 18.8 Å². The summed E-state index contributed by atoms with van der Waals surface area (Å²) in [5.41, 5.74) is 2.40. The summed E-state index contributed by atoms with van der Waals surface area (Å²) in [6.07, 6.45) is 2.13. The monoisotopic (exact) mass is 509 g/mol. The molecule has 1 unspecified atom stereocenters. The lowest BCUT2D eigenvalue weighted by molar-refractivity contribution is -0.128. The molecular weight excluding hydrogens is 477 g/mol. The fraction of sp³-hybridized carbons (Fsp3) is 0.393. The van der Waals surface area contributed by atoms with Gasteiger partial charge in [-0.25, -0.2) is 9.37 Å². The summed E-state index contributed by atoms with van der Waals surface area (Å²) in [5.74, 6) is 0.178. The zero-order chi connectivity index (χ0) is 27.1. The number of nitrogens with zero attached hydrogens (tertiary/aromatic N) is 3. The first-order chi connectivity index (χ1) is 17.5. The first kappa shape index (κ1) is 27.7. The number of aromatic nitrogens is 2. The van der Waals surface area contributed by atoms with Crippen molar-refractivity contribution in [3.05, 3.63) is 47.9 Å². The third kappa shape index (κ3) is 7.55. The zero-order valence-electron chi connectivity index (χ0n) is 21.8. The maximum atomic E-state index is 14.5. The molecule has 0 bridgehead atoms. The smallest absolute Gasteiger partial charge is 0.219 e. The molecule has 1 amide bonds. The fourth-order valence-electron chi connectivity index (χ4n) is 3.50. The Morgan fingerprint density at radius 3 is 2.30 bits per heavy atom. The molecule has 0 N–H and O–H groups in total. The molecule has 0 saturated carbocycles. The zero-order valence-corrected chi connectivity index (χ0v) is 21.8. The predicted octanol–water partition coefficient (Wildman–Crippen LogP) is 4.42. The molecule has 37 heavy (non-hydrogen) atoms. The topological polar surface area (TPSA) is 98.7 Å². The van der Waals surface area contributed by atoms with E-state index in [0.29, 0.717) is 58.9 Å². The van der Waals surface area contributed by atoms with Gasteiger partial charge in [0.15, 0.2) is 11.5 Å². The van der Waals surface area contributed by atoms with Gasteiger partial charge < -0.3 is 14.4 Å². The van der Waals surface area contributed by atoms with Crippen LogP contribution in [0.3, 0.4) is 0 Å². The van der Waals surface area contributed by atoms with Gasteiger partial charge in [0.05, 0.1) is 36.1 Å². The second kappa shape index (κ2) is 12.4. The molecule has 8 nitrogen and oxygen atoms in total. The van der Waals surface area contributed by atoms with Crippen molar-refractivity contribution in [3.8, 4) is 22.8 Å². The molecule has 0 fully saturated rings. The van der Waals surface area contributed by atoms with E-state index in [0.717, 1.165) is 0 Å². The average molecular weight is 510 g/mol. The summed E-state index contributed by atoms with van der Waals surface area (Å²) in [6, 6.07) is 8.04. The van der Waals surface area contributed by atoms with Gasteiger partial charge in [0.25, 0.3) is 0 Å². The molecular formula is C28H32FN3O5. The van der Waals surface area contributed by atoms with Gasteiger partial charge >= 0.3 is 0 Å². The van der Waals surface area contributed by atoms with Crippen molar-refractivity contribution in [2.45, 2.75) is 40.5 Å². The van der Waals surface area contributed by atoms with Crippen LogP contribution in [0.2, 0.25) is 0 Å². The molecule has 0 saturated heterocycles. The minimum Gasteiger partial charge on any atom is -0.490 e. The third-order valence-electron chi connectivity index (χ3n) is 6.12. The van der Waals surface area contributed by atoms with Crippen molar-refractivity contribution < 1.29 is 28.2 Å². The van der Waals surface area contributed by atoms with Crippen LogP contribution in [0.15, 0.2) is 36.5 Å². The number of fused-ring (bicyclic) bond motifs is 1. The van der Waals surface area contributed by atoms with Gasteiger partial charge in [0.2, 0.25) is 5.91 Å². The lowest BCUT2D eigenvalue weighted by Gasteiger charge is -2.18. The Balaban J connectivity index is 1.90. The van der Waals surface area contributed by atoms with Crippen molar-refractivity contribution in [1.29, 1.82) is 0 Å². The SMILES string of the molecule is CC(=O)Cc1ccc(-c2cnc3cc(OCCC(C)C(C)=O)c(OCCN(C)C(C)=O)cc3n2)cc1F. The molecule has 0 aliphatic rings. The van der Waals surface area contributed by atoms with Gasteiger partial charge in [-0.2, -0.15) is 0 Å². The van der Waals surface area contributed by atoms with Crippen LogP contribution < -0.4 is 9.47 Å². The minimum absolute atomic E-state index is 0.0308. The molecule has 1 atom stereocenters. The van der Waals surface area contributed by atoms with E-state index in [2.05, 4.69) is 9.97 Å². The van der Waals surface area contributed by atoms with Gasteiger partial charge in [-0.3, -0.25) is 19.4 Å². The molecule has 196 valence electrons. The molecule has 0 aliphatic heterocycles. The Morgan fingerprint density at radius 1 is 1.00 bits per heavy atom. The van der Waals surface area contributed by atoms with E-state index in [1.807, 2.05) is 6.92 Å². The molecule has 3 rings (SSSR count). The van der Waals surface area contributed by atoms with Crippen LogP contribution in [0.5, 0.6) is 11.5 Å². The number of carbonyl (C=O) groups is 3. The number of amides is 1. The first-order valence-corrected chi connectivity index (χ1v) is 12.1. The number of benzene rings is 2.